The van der Waals surface area contributed by atoms with Gasteiger partial charge in [0.05, 0.1) is 5.71 Å². The maximum atomic E-state index is 9.09. The van der Waals surface area contributed by atoms with Crippen LogP contribution >= 0.6 is 0 Å². The molecule has 0 saturated heterocycles. The predicted octanol–water partition coefficient (Wildman–Crippen LogP) is 1.64. The highest BCUT2D eigenvalue weighted by atomic mass is 16.5. The van der Waals surface area contributed by atoms with Gasteiger partial charge in [0.2, 0.25) is 0 Å². The van der Waals surface area contributed by atoms with E-state index in [-0.39, 0.29) is 18.1 Å². The number of hydrogen-bond acceptors (Lipinski definition) is 6. The second-order valence-corrected chi connectivity index (χ2v) is 4.31. The van der Waals surface area contributed by atoms with E-state index in [1.807, 2.05) is 36.4 Å². The molecular formula is C15H9N5O. The van der Waals surface area contributed by atoms with Crippen molar-refractivity contribution < 1.29 is 4.74 Å². The number of nitriles is 2. The van der Waals surface area contributed by atoms with Gasteiger partial charge in [-0.2, -0.15) is 10.5 Å². The van der Waals surface area contributed by atoms with E-state index >= 15 is 0 Å². The van der Waals surface area contributed by atoms with E-state index in [2.05, 4.69) is 15.0 Å². The summed E-state index contributed by atoms with van der Waals surface area (Å²) >= 11 is 0. The van der Waals surface area contributed by atoms with Crippen LogP contribution in [0.3, 0.4) is 0 Å². The molecule has 1 aromatic carbocycles. The van der Waals surface area contributed by atoms with Crippen molar-refractivity contribution in [3.8, 4) is 23.4 Å². The van der Waals surface area contributed by atoms with Crippen molar-refractivity contribution in [3.05, 3.63) is 46.9 Å². The molecule has 100 valence electrons. The fraction of sp³-hybridized carbons (Fsp3) is 0.133. The highest BCUT2D eigenvalue weighted by Gasteiger charge is 2.29. The summed E-state index contributed by atoms with van der Waals surface area (Å²) in [5, 5.41) is 18.2. The zero-order valence-electron chi connectivity index (χ0n) is 11.2. The Morgan fingerprint density at radius 2 is 1.67 bits per heavy atom. The molecule has 0 aliphatic heterocycles. The molecule has 0 amide bonds. The van der Waals surface area contributed by atoms with E-state index in [0.29, 0.717) is 17.1 Å². The molecule has 0 N–H and O–H groups in total. The van der Waals surface area contributed by atoms with Crippen LogP contribution < -0.4 is 0 Å². The van der Waals surface area contributed by atoms with Gasteiger partial charge in [0.1, 0.15) is 30.3 Å². The van der Waals surface area contributed by atoms with Crippen molar-refractivity contribution in [3.63, 3.8) is 0 Å². The lowest BCUT2D eigenvalue weighted by Crippen LogP contribution is -2.06. The number of aliphatic imine (C=N–C) groups is 1. The van der Waals surface area contributed by atoms with Crippen LogP contribution in [0.2, 0.25) is 0 Å². The largest absolute Gasteiger partial charge is 0.363 e. The topological polar surface area (TPSA) is 95.0 Å². The first-order chi connectivity index (χ1) is 10.3. The van der Waals surface area contributed by atoms with Crippen LogP contribution in [-0.4, -0.2) is 29.5 Å². The van der Waals surface area contributed by atoms with Crippen LogP contribution in [0.25, 0.3) is 11.3 Å². The lowest BCUT2D eigenvalue weighted by Gasteiger charge is -2.01. The molecule has 2 aromatic rings. The SMILES string of the molecule is COCN=C1c2ccccc2-c2nc(C#N)c(C#N)nc21. The van der Waals surface area contributed by atoms with Crippen molar-refractivity contribution >= 4 is 5.71 Å². The van der Waals surface area contributed by atoms with E-state index in [0.717, 1.165) is 11.1 Å². The zero-order chi connectivity index (χ0) is 14.8. The molecule has 0 saturated carbocycles. The third kappa shape index (κ3) is 1.95. The fourth-order valence-electron chi connectivity index (χ4n) is 2.26. The molecule has 0 fully saturated rings. The van der Waals surface area contributed by atoms with E-state index in [1.54, 1.807) is 7.11 Å². The van der Waals surface area contributed by atoms with E-state index in [1.165, 1.54) is 0 Å². The number of benzene rings is 1. The Bertz CT molecular complexity index is 842. The first-order valence-corrected chi connectivity index (χ1v) is 6.16. The van der Waals surface area contributed by atoms with Crippen LogP contribution in [0.5, 0.6) is 0 Å². The minimum atomic E-state index is 0.00849. The van der Waals surface area contributed by atoms with E-state index < -0.39 is 0 Å². The van der Waals surface area contributed by atoms with Crippen molar-refractivity contribution in [2.24, 2.45) is 4.99 Å². The molecule has 0 spiro atoms. The average Bonchev–Trinajstić information content (AvgIpc) is 2.84. The van der Waals surface area contributed by atoms with Gasteiger partial charge in [0.15, 0.2) is 11.4 Å². The third-order valence-corrected chi connectivity index (χ3v) is 3.12. The summed E-state index contributed by atoms with van der Waals surface area (Å²) in [6.45, 7) is 0.187. The van der Waals surface area contributed by atoms with E-state index in [9.17, 15) is 0 Å². The van der Waals surface area contributed by atoms with Crippen LogP contribution in [-0.2, 0) is 4.74 Å². The molecule has 6 heteroatoms. The minimum absolute atomic E-state index is 0.00849. The van der Waals surface area contributed by atoms with Crippen molar-refractivity contribution in [2.75, 3.05) is 13.8 Å². The number of methoxy groups -OCH3 is 1. The fourth-order valence-corrected chi connectivity index (χ4v) is 2.26. The molecule has 0 unspecified atom stereocenters. The smallest absolute Gasteiger partial charge is 0.177 e. The highest BCUT2D eigenvalue weighted by Crippen LogP contribution is 2.34. The van der Waals surface area contributed by atoms with Gasteiger partial charge >= 0.3 is 0 Å². The predicted molar refractivity (Wildman–Crippen MR) is 74.4 cm³/mol. The Balaban J connectivity index is 2.31. The monoisotopic (exact) mass is 275 g/mol. The first-order valence-electron chi connectivity index (χ1n) is 6.16. The molecule has 1 aliphatic rings. The minimum Gasteiger partial charge on any atom is -0.363 e. The molecule has 0 radical (unpaired) electrons. The first kappa shape index (κ1) is 12.9. The Hall–Kier alpha value is -3.09. The summed E-state index contributed by atoms with van der Waals surface area (Å²) in [6, 6.07) is 11.4. The summed E-state index contributed by atoms with van der Waals surface area (Å²) in [7, 11) is 1.55. The van der Waals surface area contributed by atoms with Crippen molar-refractivity contribution in [1.29, 1.82) is 10.5 Å². The van der Waals surface area contributed by atoms with Crippen LogP contribution in [0.4, 0.5) is 0 Å². The summed E-state index contributed by atoms with van der Waals surface area (Å²) < 4.78 is 4.98. The van der Waals surface area contributed by atoms with Gasteiger partial charge in [-0.05, 0) is 0 Å². The Labute approximate surface area is 121 Å². The van der Waals surface area contributed by atoms with Crippen LogP contribution in [0, 0.1) is 22.7 Å². The summed E-state index contributed by atoms with van der Waals surface area (Å²) in [5.41, 5.74) is 3.50. The lowest BCUT2D eigenvalue weighted by atomic mass is 10.1. The zero-order valence-corrected chi connectivity index (χ0v) is 11.2. The Morgan fingerprint density at radius 1 is 1.05 bits per heavy atom. The average molecular weight is 275 g/mol. The second-order valence-electron chi connectivity index (χ2n) is 4.31. The van der Waals surface area contributed by atoms with Crippen molar-refractivity contribution in [1.82, 2.24) is 9.97 Å². The lowest BCUT2D eigenvalue weighted by molar-refractivity contribution is 0.209. The van der Waals surface area contributed by atoms with Crippen LogP contribution in [0.15, 0.2) is 29.3 Å². The highest BCUT2D eigenvalue weighted by molar-refractivity contribution is 6.22. The molecule has 6 nitrogen and oxygen atoms in total. The standard InChI is InChI=1S/C15H9N5O/c1-21-8-18-13-9-4-2-3-5-10(9)14-15(13)20-12(7-17)11(6-16)19-14/h2-5H,8H2,1H3. The third-order valence-electron chi connectivity index (χ3n) is 3.12. The normalized spacial score (nSPS) is 13.4. The van der Waals surface area contributed by atoms with Crippen LogP contribution in [0.1, 0.15) is 22.6 Å². The van der Waals surface area contributed by atoms with Gasteiger partial charge in [-0.15, -0.1) is 0 Å². The van der Waals surface area contributed by atoms with Gasteiger partial charge in [0.25, 0.3) is 0 Å². The summed E-state index contributed by atoms with van der Waals surface area (Å²) in [5.74, 6) is 0. The van der Waals surface area contributed by atoms with Gasteiger partial charge < -0.3 is 4.74 Å². The number of ether oxygens (including phenoxy) is 1. The number of aromatic nitrogens is 2. The molecule has 21 heavy (non-hydrogen) atoms. The number of fused-ring (bicyclic) bond motifs is 3. The Morgan fingerprint density at radius 3 is 2.29 bits per heavy atom. The number of hydrogen-bond donors (Lipinski definition) is 0. The van der Waals surface area contributed by atoms with E-state index in [4.69, 9.17) is 15.3 Å². The second kappa shape index (κ2) is 5.12. The quantitative estimate of drug-likeness (QED) is 0.708. The summed E-state index contributed by atoms with van der Waals surface area (Å²) in [6.07, 6.45) is 0. The van der Waals surface area contributed by atoms with Gasteiger partial charge in [0, 0.05) is 18.2 Å². The Kier molecular flexibility index (Phi) is 3.15. The number of nitrogens with zero attached hydrogens (tertiary/aromatic N) is 5. The molecule has 1 aromatic heterocycles. The molecule has 0 bridgehead atoms. The molecule has 1 heterocycles. The molecule has 1 aliphatic carbocycles. The summed E-state index contributed by atoms with van der Waals surface area (Å²) in [4.78, 5) is 12.9. The van der Waals surface area contributed by atoms with Gasteiger partial charge in [-0.25, -0.2) is 9.97 Å². The maximum Gasteiger partial charge on any atom is 0.177 e. The molecular weight excluding hydrogens is 266 g/mol. The molecule has 3 rings (SSSR count). The maximum absolute atomic E-state index is 9.09. The van der Waals surface area contributed by atoms with Gasteiger partial charge in [-0.3, -0.25) is 4.99 Å². The molecule has 0 atom stereocenters. The number of rotatable bonds is 2. The van der Waals surface area contributed by atoms with Gasteiger partial charge in [-0.1, -0.05) is 24.3 Å². The van der Waals surface area contributed by atoms with Crippen molar-refractivity contribution in [2.45, 2.75) is 0 Å².